The number of esters is 2. The highest BCUT2D eigenvalue weighted by atomic mass is 16.5. The fourth-order valence-corrected chi connectivity index (χ4v) is 1.10. The van der Waals surface area contributed by atoms with Gasteiger partial charge in [-0.3, -0.25) is 9.59 Å². The zero-order valence-corrected chi connectivity index (χ0v) is 10.2. The summed E-state index contributed by atoms with van der Waals surface area (Å²) < 4.78 is 9.47. The van der Waals surface area contributed by atoms with Gasteiger partial charge in [0.15, 0.2) is 0 Å². The predicted octanol–water partition coefficient (Wildman–Crippen LogP) is 2.27. The van der Waals surface area contributed by atoms with Crippen LogP contribution in [0.3, 0.4) is 0 Å². The number of carbonyl (C=O) groups excluding carboxylic acids is 2. The molecule has 0 saturated carbocycles. The summed E-state index contributed by atoms with van der Waals surface area (Å²) in [4.78, 5) is 21.9. The van der Waals surface area contributed by atoms with Crippen LogP contribution >= 0.6 is 0 Å². The topological polar surface area (TPSA) is 52.6 Å². The lowest BCUT2D eigenvalue weighted by atomic mass is 10.1. The van der Waals surface area contributed by atoms with E-state index in [9.17, 15) is 9.59 Å². The van der Waals surface area contributed by atoms with E-state index in [0.717, 1.165) is 25.7 Å². The second kappa shape index (κ2) is 10.5. The van der Waals surface area contributed by atoms with Gasteiger partial charge in [0.2, 0.25) is 0 Å². The van der Waals surface area contributed by atoms with E-state index < -0.39 is 0 Å². The maximum atomic E-state index is 11.1. The van der Waals surface area contributed by atoms with E-state index in [1.807, 2.05) is 13.3 Å². The van der Waals surface area contributed by atoms with Gasteiger partial charge in [-0.05, 0) is 25.7 Å². The normalized spacial score (nSPS) is 9.88. The molecule has 0 unspecified atom stereocenters. The lowest BCUT2D eigenvalue weighted by Gasteiger charge is -2.03. The number of methoxy groups -OCH3 is 1. The Morgan fingerprint density at radius 2 is 1.94 bits per heavy atom. The number of hydrogen-bond acceptors (Lipinski definition) is 4. The molecule has 0 aliphatic rings. The minimum Gasteiger partial charge on any atom is -0.469 e. The van der Waals surface area contributed by atoms with Crippen LogP contribution in [0.2, 0.25) is 0 Å². The quantitative estimate of drug-likeness (QED) is 0.449. The second-order valence-electron chi connectivity index (χ2n) is 3.54. The van der Waals surface area contributed by atoms with Crippen molar-refractivity contribution in [2.24, 2.45) is 0 Å². The summed E-state index contributed by atoms with van der Waals surface area (Å²) in [7, 11) is 1.37. The maximum absolute atomic E-state index is 11.1. The summed E-state index contributed by atoms with van der Waals surface area (Å²) in [5, 5.41) is 0. The second-order valence-corrected chi connectivity index (χ2v) is 3.54. The molecule has 0 spiro atoms. The van der Waals surface area contributed by atoms with Gasteiger partial charge in [0.1, 0.15) is 0 Å². The fraction of sp³-hybridized carbons (Fsp3) is 0.750. The van der Waals surface area contributed by atoms with Crippen LogP contribution in [0.1, 0.15) is 45.4 Å². The Morgan fingerprint density at radius 1 is 1.19 bits per heavy atom. The van der Waals surface area contributed by atoms with Crippen LogP contribution in [0.15, 0.2) is 0 Å². The number of carbonyl (C=O) groups is 2. The molecule has 0 bridgehead atoms. The van der Waals surface area contributed by atoms with Gasteiger partial charge in [-0.25, -0.2) is 0 Å². The number of hydrogen-bond donors (Lipinski definition) is 0. The molecule has 0 aromatic rings. The number of rotatable bonds is 9. The van der Waals surface area contributed by atoms with Gasteiger partial charge in [0.25, 0.3) is 0 Å². The van der Waals surface area contributed by atoms with E-state index >= 15 is 0 Å². The van der Waals surface area contributed by atoms with Crippen molar-refractivity contribution in [1.82, 2.24) is 0 Å². The first-order valence-electron chi connectivity index (χ1n) is 5.74. The molecule has 1 radical (unpaired) electrons. The van der Waals surface area contributed by atoms with Crippen LogP contribution < -0.4 is 0 Å². The average Bonchev–Trinajstić information content (AvgIpc) is 2.28. The van der Waals surface area contributed by atoms with Gasteiger partial charge in [-0.2, -0.15) is 0 Å². The van der Waals surface area contributed by atoms with E-state index in [0.29, 0.717) is 19.4 Å². The summed E-state index contributed by atoms with van der Waals surface area (Å²) >= 11 is 0. The molecule has 0 aliphatic heterocycles. The van der Waals surface area contributed by atoms with Crippen LogP contribution in [0, 0.1) is 6.42 Å². The fourth-order valence-electron chi connectivity index (χ4n) is 1.10. The van der Waals surface area contributed by atoms with E-state index in [4.69, 9.17) is 4.74 Å². The summed E-state index contributed by atoms with van der Waals surface area (Å²) in [5.41, 5.74) is 0. The van der Waals surface area contributed by atoms with Crippen molar-refractivity contribution in [3.05, 3.63) is 6.42 Å². The zero-order chi connectivity index (χ0) is 12.2. The van der Waals surface area contributed by atoms with Crippen molar-refractivity contribution >= 4 is 11.9 Å². The number of ether oxygens (including phenoxy) is 2. The standard InChI is InChI=1S/C12H21O4/c1-3-4-10-16-12(14)9-7-5-6-8-11(13)15-2/h7H,3-6,8-10H2,1-2H3. The minimum atomic E-state index is -0.209. The smallest absolute Gasteiger partial charge is 0.306 e. The van der Waals surface area contributed by atoms with Crippen molar-refractivity contribution < 1.29 is 19.1 Å². The molecule has 0 heterocycles. The molecule has 0 amide bonds. The third-order valence-corrected chi connectivity index (χ3v) is 2.09. The molecule has 93 valence electrons. The molecule has 0 aliphatic carbocycles. The Bertz CT molecular complexity index is 201. The third kappa shape index (κ3) is 9.49. The van der Waals surface area contributed by atoms with E-state index in [2.05, 4.69) is 4.74 Å². The maximum Gasteiger partial charge on any atom is 0.306 e. The third-order valence-electron chi connectivity index (χ3n) is 2.09. The van der Waals surface area contributed by atoms with Crippen LogP contribution in [-0.2, 0) is 19.1 Å². The van der Waals surface area contributed by atoms with Gasteiger partial charge >= 0.3 is 11.9 Å². The molecular formula is C12H21O4. The first-order valence-corrected chi connectivity index (χ1v) is 5.74. The van der Waals surface area contributed by atoms with Gasteiger partial charge in [0.05, 0.1) is 13.7 Å². The van der Waals surface area contributed by atoms with Crippen LogP contribution in [0.25, 0.3) is 0 Å². The van der Waals surface area contributed by atoms with Gasteiger partial charge < -0.3 is 9.47 Å². The molecular weight excluding hydrogens is 208 g/mol. The Hall–Kier alpha value is -1.06. The average molecular weight is 229 g/mol. The van der Waals surface area contributed by atoms with E-state index in [-0.39, 0.29) is 11.9 Å². The summed E-state index contributed by atoms with van der Waals surface area (Å²) in [6.45, 7) is 2.55. The van der Waals surface area contributed by atoms with Gasteiger partial charge in [-0.1, -0.05) is 13.3 Å². The predicted molar refractivity (Wildman–Crippen MR) is 60.7 cm³/mol. The highest BCUT2D eigenvalue weighted by Crippen LogP contribution is 2.04. The molecule has 0 N–H and O–H groups in total. The lowest BCUT2D eigenvalue weighted by molar-refractivity contribution is -0.143. The van der Waals surface area contributed by atoms with E-state index in [1.165, 1.54) is 7.11 Å². The Kier molecular flexibility index (Phi) is 9.76. The first kappa shape index (κ1) is 14.9. The summed E-state index contributed by atoms with van der Waals surface area (Å²) in [5.74, 6) is -0.398. The lowest BCUT2D eigenvalue weighted by Crippen LogP contribution is -2.06. The van der Waals surface area contributed by atoms with Crippen molar-refractivity contribution in [1.29, 1.82) is 0 Å². The molecule has 0 saturated heterocycles. The summed E-state index contributed by atoms with van der Waals surface area (Å²) in [6, 6.07) is 0. The minimum absolute atomic E-state index is 0.188. The molecule has 0 atom stereocenters. The van der Waals surface area contributed by atoms with Crippen molar-refractivity contribution in [2.45, 2.75) is 45.4 Å². The zero-order valence-electron chi connectivity index (χ0n) is 10.2. The van der Waals surface area contributed by atoms with Crippen LogP contribution in [0.5, 0.6) is 0 Å². The van der Waals surface area contributed by atoms with Crippen molar-refractivity contribution in [2.75, 3.05) is 13.7 Å². The SMILES string of the molecule is CCCCOC(=O)C[CH]CCCC(=O)OC. The molecule has 4 heteroatoms. The largest absolute Gasteiger partial charge is 0.469 e. The molecule has 16 heavy (non-hydrogen) atoms. The monoisotopic (exact) mass is 229 g/mol. The highest BCUT2D eigenvalue weighted by Gasteiger charge is 2.03. The van der Waals surface area contributed by atoms with Gasteiger partial charge in [0, 0.05) is 12.8 Å². The Morgan fingerprint density at radius 3 is 2.56 bits per heavy atom. The highest BCUT2D eigenvalue weighted by molar-refractivity contribution is 5.70. The van der Waals surface area contributed by atoms with Crippen LogP contribution in [-0.4, -0.2) is 25.7 Å². The van der Waals surface area contributed by atoms with E-state index in [1.54, 1.807) is 0 Å². The molecule has 0 fully saturated rings. The van der Waals surface area contributed by atoms with Crippen molar-refractivity contribution in [3.63, 3.8) is 0 Å². The summed E-state index contributed by atoms with van der Waals surface area (Å²) in [6.07, 6.45) is 5.96. The first-order chi connectivity index (χ1) is 7.70. The van der Waals surface area contributed by atoms with Gasteiger partial charge in [-0.15, -0.1) is 0 Å². The molecule has 0 rings (SSSR count). The van der Waals surface area contributed by atoms with Crippen molar-refractivity contribution in [3.8, 4) is 0 Å². The molecule has 4 nitrogen and oxygen atoms in total. The number of unbranched alkanes of at least 4 members (excludes halogenated alkanes) is 3. The van der Waals surface area contributed by atoms with Crippen LogP contribution in [0.4, 0.5) is 0 Å². The Labute approximate surface area is 97.3 Å². The molecule has 0 aromatic heterocycles. The molecule has 0 aromatic carbocycles. The Balaban J connectivity index is 3.24.